The maximum atomic E-state index is 6.22. The zero-order valence-corrected chi connectivity index (χ0v) is 15.5. The summed E-state index contributed by atoms with van der Waals surface area (Å²) in [5, 5.41) is 0. The van der Waals surface area contributed by atoms with Crippen molar-refractivity contribution in [3.05, 3.63) is 0 Å². The van der Waals surface area contributed by atoms with Gasteiger partial charge in [-0.15, -0.1) is 0 Å². The lowest BCUT2D eigenvalue weighted by atomic mass is 9.97. The fourth-order valence-electron chi connectivity index (χ4n) is 3.20. The van der Waals surface area contributed by atoms with Crippen molar-refractivity contribution >= 4 is 0 Å². The van der Waals surface area contributed by atoms with Gasteiger partial charge in [-0.05, 0) is 61.3 Å². The summed E-state index contributed by atoms with van der Waals surface area (Å²) in [7, 11) is 0. The summed E-state index contributed by atoms with van der Waals surface area (Å²) in [5.74, 6) is 0.333. The van der Waals surface area contributed by atoms with Crippen LogP contribution in [0.1, 0.15) is 61.3 Å². The first-order chi connectivity index (χ1) is 10.3. The lowest BCUT2D eigenvalue weighted by Crippen LogP contribution is -2.42. The van der Waals surface area contributed by atoms with Crippen LogP contribution in [0.15, 0.2) is 0 Å². The van der Waals surface area contributed by atoms with Crippen molar-refractivity contribution in [1.29, 1.82) is 0 Å². The first-order valence-electron chi connectivity index (χ1n) is 8.89. The van der Waals surface area contributed by atoms with Gasteiger partial charge in [-0.1, -0.05) is 0 Å². The highest BCUT2D eigenvalue weighted by atomic mass is 16.6. The summed E-state index contributed by atoms with van der Waals surface area (Å²) >= 11 is 0. The normalized spacial score (nSPS) is 27.3. The molecular formula is C18H36O4. The van der Waals surface area contributed by atoms with Crippen molar-refractivity contribution in [2.75, 3.05) is 13.2 Å². The average Bonchev–Trinajstić information content (AvgIpc) is 2.76. The van der Waals surface area contributed by atoms with E-state index in [1.807, 2.05) is 6.92 Å². The highest BCUT2D eigenvalue weighted by molar-refractivity contribution is 4.92. The predicted molar refractivity (Wildman–Crippen MR) is 89.2 cm³/mol. The van der Waals surface area contributed by atoms with Crippen LogP contribution < -0.4 is 0 Å². The SMILES string of the molecule is CCOCC(OC(C)C)C1CC[C@@H](OC(C)C)[C@@H]1OC(C)C. The van der Waals surface area contributed by atoms with Crippen LogP contribution in [0, 0.1) is 5.92 Å². The Bertz CT molecular complexity index is 291. The van der Waals surface area contributed by atoms with Crippen LogP contribution in [-0.4, -0.2) is 49.8 Å². The molecule has 0 amide bonds. The Hall–Kier alpha value is -0.160. The molecule has 0 radical (unpaired) electrons. The smallest absolute Gasteiger partial charge is 0.0893 e. The third-order valence-corrected chi connectivity index (χ3v) is 3.86. The first-order valence-corrected chi connectivity index (χ1v) is 8.89. The Morgan fingerprint density at radius 2 is 1.50 bits per heavy atom. The second kappa shape index (κ2) is 9.86. The number of hydrogen-bond acceptors (Lipinski definition) is 4. The van der Waals surface area contributed by atoms with Gasteiger partial charge in [0.25, 0.3) is 0 Å². The molecule has 4 heteroatoms. The van der Waals surface area contributed by atoms with E-state index >= 15 is 0 Å². The second-order valence-corrected chi connectivity index (χ2v) is 7.00. The zero-order chi connectivity index (χ0) is 16.7. The molecule has 0 aromatic heterocycles. The van der Waals surface area contributed by atoms with Crippen molar-refractivity contribution in [3.8, 4) is 0 Å². The van der Waals surface area contributed by atoms with Gasteiger partial charge >= 0.3 is 0 Å². The van der Waals surface area contributed by atoms with Crippen molar-refractivity contribution < 1.29 is 18.9 Å². The molecule has 0 heterocycles. The fourth-order valence-corrected chi connectivity index (χ4v) is 3.20. The van der Waals surface area contributed by atoms with E-state index in [0.29, 0.717) is 19.1 Å². The fraction of sp³-hybridized carbons (Fsp3) is 1.00. The third kappa shape index (κ3) is 6.53. The van der Waals surface area contributed by atoms with E-state index in [0.717, 1.165) is 12.8 Å². The van der Waals surface area contributed by atoms with Crippen LogP contribution in [0.3, 0.4) is 0 Å². The van der Waals surface area contributed by atoms with Gasteiger partial charge in [0.05, 0.1) is 43.2 Å². The number of ether oxygens (including phenoxy) is 4. The molecule has 1 aliphatic rings. The van der Waals surface area contributed by atoms with E-state index in [1.165, 1.54) is 0 Å². The van der Waals surface area contributed by atoms with Crippen molar-refractivity contribution in [2.24, 2.45) is 5.92 Å². The van der Waals surface area contributed by atoms with E-state index in [-0.39, 0.29) is 36.6 Å². The third-order valence-electron chi connectivity index (χ3n) is 3.86. The minimum absolute atomic E-state index is 0.0736. The maximum absolute atomic E-state index is 6.22. The standard InChI is InChI=1S/C18H36O4/c1-8-19-11-17(21-13(4)5)15-9-10-16(20-12(2)3)18(15)22-14(6)7/h12-18H,8-11H2,1-7H3/t15?,16-,17?,18-/m1/s1. The Morgan fingerprint density at radius 3 is 2.00 bits per heavy atom. The van der Waals surface area contributed by atoms with Crippen LogP contribution in [-0.2, 0) is 18.9 Å². The van der Waals surface area contributed by atoms with Crippen molar-refractivity contribution in [3.63, 3.8) is 0 Å². The molecule has 1 rings (SSSR count). The van der Waals surface area contributed by atoms with E-state index in [1.54, 1.807) is 0 Å². The molecule has 1 saturated carbocycles. The Balaban J connectivity index is 2.80. The molecule has 22 heavy (non-hydrogen) atoms. The Labute approximate surface area is 136 Å². The number of rotatable bonds is 10. The van der Waals surface area contributed by atoms with Crippen LogP contribution in [0.25, 0.3) is 0 Å². The first kappa shape index (κ1) is 19.9. The summed E-state index contributed by atoms with van der Waals surface area (Å²) in [5.41, 5.74) is 0. The molecule has 132 valence electrons. The molecule has 1 fully saturated rings. The average molecular weight is 316 g/mol. The summed E-state index contributed by atoms with van der Waals surface area (Å²) < 4.78 is 24.1. The second-order valence-electron chi connectivity index (χ2n) is 7.00. The molecule has 0 aliphatic heterocycles. The van der Waals surface area contributed by atoms with Crippen molar-refractivity contribution in [2.45, 2.75) is 97.9 Å². The molecule has 0 saturated heterocycles. The van der Waals surface area contributed by atoms with Gasteiger partial charge in [0.1, 0.15) is 0 Å². The van der Waals surface area contributed by atoms with E-state index < -0.39 is 0 Å². The van der Waals surface area contributed by atoms with Crippen LogP contribution in [0.4, 0.5) is 0 Å². The van der Waals surface area contributed by atoms with Gasteiger partial charge in [-0.2, -0.15) is 0 Å². The number of hydrogen-bond donors (Lipinski definition) is 0. The summed E-state index contributed by atoms with van der Waals surface area (Å²) in [6.45, 7) is 15.9. The van der Waals surface area contributed by atoms with E-state index in [4.69, 9.17) is 18.9 Å². The molecule has 0 spiro atoms. The molecule has 1 aliphatic carbocycles. The Kier molecular flexibility index (Phi) is 8.91. The topological polar surface area (TPSA) is 36.9 Å². The van der Waals surface area contributed by atoms with Gasteiger partial charge in [0, 0.05) is 12.5 Å². The predicted octanol–water partition coefficient (Wildman–Crippen LogP) is 3.81. The van der Waals surface area contributed by atoms with E-state index in [9.17, 15) is 0 Å². The monoisotopic (exact) mass is 316 g/mol. The summed E-state index contributed by atoms with van der Waals surface area (Å²) in [4.78, 5) is 0. The van der Waals surface area contributed by atoms with Gasteiger partial charge in [-0.3, -0.25) is 0 Å². The minimum Gasteiger partial charge on any atom is -0.379 e. The van der Waals surface area contributed by atoms with Gasteiger partial charge in [0.15, 0.2) is 0 Å². The van der Waals surface area contributed by atoms with Crippen LogP contribution >= 0.6 is 0 Å². The minimum atomic E-state index is 0.0736. The quantitative estimate of drug-likeness (QED) is 0.614. The van der Waals surface area contributed by atoms with E-state index in [2.05, 4.69) is 41.5 Å². The molecule has 0 bridgehead atoms. The highest BCUT2D eigenvalue weighted by Crippen LogP contribution is 2.36. The summed E-state index contributed by atoms with van der Waals surface area (Å²) in [6.07, 6.45) is 3.02. The Morgan fingerprint density at radius 1 is 0.864 bits per heavy atom. The van der Waals surface area contributed by atoms with Crippen molar-refractivity contribution in [1.82, 2.24) is 0 Å². The largest absolute Gasteiger partial charge is 0.379 e. The van der Waals surface area contributed by atoms with Gasteiger partial charge in [0.2, 0.25) is 0 Å². The molecule has 0 N–H and O–H groups in total. The van der Waals surface area contributed by atoms with Gasteiger partial charge < -0.3 is 18.9 Å². The highest BCUT2D eigenvalue weighted by Gasteiger charge is 2.43. The van der Waals surface area contributed by atoms with Crippen LogP contribution in [0.5, 0.6) is 0 Å². The van der Waals surface area contributed by atoms with Crippen LogP contribution in [0.2, 0.25) is 0 Å². The lowest BCUT2D eigenvalue weighted by Gasteiger charge is -2.33. The molecule has 4 nitrogen and oxygen atoms in total. The lowest BCUT2D eigenvalue weighted by molar-refractivity contribution is -0.145. The molecule has 2 unspecified atom stereocenters. The zero-order valence-electron chi connectivity index (χ0n) is 15.5. The molecule has 4 atom stereocenters. The van der Waals surface area contributed by atoms with Gasteiger partial charge in [-0.25, -0.2) is 0 Å². The molecule has 0 aromatic rings. The molecule has 0 aromatic carbocycles. The summed E-state index contributed by atoms with van der Waals surface area (Å²) in [6, 6.07) is 0. The molecular weight excluding hydrogens is 280 g/mol. The maximum Gasteiger partial charge on any atom is 0.0893 e.